The van der Waals surface area contributed by atoms with Gasteiger partial charge in [0.2, 0.25) is 5.91 Å². The van der Waals surface area contributed by atoms with Crippen LogP contribution in [0.1, 0.15) is 64.5 Å². The number of amides is 1. The van der Waals surface area contributed by atoms with E-state index < -0.39 is 0 Å². The minimum absolute atomic E-state index is 0.173. The summed E-state index contributed by atoms with van der Waals surface area (Å²) in [6.45, 7) is 6.56. The normalized spacial score (nSPS) is 23.6. The summed E-state index contributed by atoms with van der Waals surface area (Å²) >= 11 is 0. The van der Waals surface area contributed by atoms with E-state index >= 15 is 0 Å². The van der Waals surface area contributed by atoms with E-state index in [0.717, 1.165) is 37.7 Å². The van der Waals surface area contributed by atoms with E-state index in [1.807, 2.05) is 30.3 Å². The first-order chi connectivity index (χ1) is 10.2. The molecule has 3 heteroatoms. The van der Waals surface area contributed by atoms with Crippen LogP contribution in [0.2, 0.25) is 0 Å². The highest BCUT2D eigenvalue weighted by molar-refractivity contribution is 5.86. The van der Waals surface area contributed by atoms with Gasteiger partial charge in [0.05, 0.1) is 6.17 Å². The first-order valence-corrected chi connectivity index (χ1v) is 8.36. The van der Waals surface area contributed by atoms with Crippen molar-refractivity contribution in [1.82, 2.24) is 10.2 Å². The molecule has 2 rings (SSSR count). The van der Waals surface area contributed by atoms with Crippen LogP contribution in [0.4, 0.5) is 0 Å². The van der Waals surface area contributed by atoms with Crippen LogP contribution in [0.25, 0.3) is 0 Å². The summed E-state index contributed by atoms with van der Waals surface area (Å²) in [5.41, 5.74) is 1.08. The third-order valence-corrected chi connectivity index (χ3v) is 4.38. The van der Waals surface area contributed by atoms with Gasteiger partial charge in [-0.05, 0) is 24.8 Å². The maximum atomic E-state index is 12.9. The molecule has 0 saturated carbocycles. The van der Waals surface area contributed by atoms with Crippen LogP contribution in [0.3, 0.4) is 0 Å². The molecule has 1 aliphatic heterocycles. The summed E-state index contributed by atoms with van der Waals surface area (Å²) in [5, 5.41) is 3.56. The van der Waals surface area contributed by atoms with Crippen LogP contribution in [-0.2, 0) is 4.79 Å². The maximum Gasteiger partial charge on any atom is 0.245 e. The van der Waals surface area contributed by atoms with Gasteiger partial charge < -0.3 is 4.90 Å². The Bertz CT molecular complexity index is 446. The minimum atomic E-state index is -0.173. The first-order valence-electron chi connectivity index (χ1n) is 8.36. The molecule has 1 saturated heterocycles. The highest BCUT2D eigenvalue weighted by Crippen LogP contribution is 2.30. The van der Waals surface area contributed by atoms with Crippen molar-refractivity contribution >= 4 is 5.91 Å². The van der Waals surface area contributed by atoms with Crippen molar-refractivity contribution in [2.75, 3.05) is 0 Å². The second-order valence-electron chi connectivity index (χ2n) is 5.91. The number of carbonyl (C=O) groups excluding carboxylic acids is 1. The number of carbonyl (C=O) groups is 1. The monoisotopic (exact) mass is 288 g/mol. The van der Waals surface area contributed by atoms with E-state index in [4.69, 9.17) is 0 Å². The highest BCUT2D eigenvalue weighted by Gasteiger charge is 2.41. The number of benzene rings is 1. The molecule has 1 fully saturated rings. The van der Waals surface area contributed by atoms with Gasteiger partial charge in [-0.2, -0.15) is 0 Å². The van der Waals surface area contributed by atoms with Crippen molar-refractivity contribution in [3.63, 3.8) is 0 Å². The predicted molar refractivity (Wildman–Crippen MR) is 86.8 cm³/mol. The lowest BCUT2D eigenvalue weighted by atomic mass is 10.0. The molecule has 0 bridgehead atoms. The van der Waals surface area contributed by atoms with Gasteiger partial charge in [-0.3, -0.25) is 10.1 Å². The minimum Gasteiger partial charge on any atom is -0.323 e. The molecule has 1 aromatic rings. The smallest absolute Gasteiger partial charge is 0.245 e. The molecule has 0 aromatic heterocycles. The Hall–Kier alpha value is -1.35. The molecule has 3 atom stereocenters. The number of nitrogens with one attached hydrogen (secondary N) is 1. The third kappa shape index (κ3) is 3.46. The van der Waals surface area contributed by atoms with Crippen LogP contribution < -0.4 is 5.32 Å². The lowest BCUT2D eigenvalue weighted by molar-refractivity contribution is -0.132. The van der Waals surface area contributed by atoms with Crippen molar-refractivity contribution in [3.05, 3.63) is 35.9 Å². The Labute approximate surface area is 128 Å². The van der Waals surface area contributed by atoms with E-state index in [2.05, 4.69) is 31.0 Å². The predicted octanol–water partition coefficient (Wildman–Crippen LogP) is 3.86. The summed E-state index contributed by atoms with van der Waals surface area (Å²) in [4.78, 5) is 15.1. The van der Waals surface area contributed by atoms with Crippen molar-refractivity contribution in [1.29, 1.82) is 0 Å². The van der Waals surface area contributed by atoms with Gasteiger partial charge in [0, 0.05) is 6.04 Å². The molecule has 1 amide bonds. The molecule has 0 radical (unpaired) electrons. The van der Waals surface area contributed by atoms with Crippen molar-refractivity contribution in [2.24, 2.45) is 0 Å². The lowest BCUT2D eigenvalue weighted by Gasteiger charge is -2.32. The Morgan fingerprint density at radius 1 is 1.14 bits per heavy atom. The second-order valence-corrected chi connectivity index (χ2v) is 5.91. The Balaban J connectivity index is 2.23. The van der Waals surface area contributed by atoms with Gasteiger partial charge >= 0.3 is 0 Å². The van der Waals surface area contributed by atoms with E-state index in [1.165, 1.54) is 0 Å². The molecule has 0 aliphatic carbocycles. The number of hydrogen-bond donors (Lipinski definition) is 1. The molecule has 21 heavy (non-hydrogen) atoms. The molecular weight excluding hydrogens is 260 g/mol. The summed E-state index contributed by atoms with van der Waals surface area (Å²) in [6.07, 6.45) is 5.54. The first kappa shape index (κ1) is 16.0. The topological polar surface area (TPSA) is 32.3 Å². The van der Waals surface area contributed by atoms with Crippen molar-refractivity contribution in [2.45, 2.75) is 71.1 Å². The van der Waals surface area contributed by atoms with E-state index in [-0.39, 0.29) is 18.1 Å². The average Bonchev–Trinajstić information content (AvgIpc) is 2.83. The van der Waals surface area contributed by atoms with Gasteiger partial charge in [0.25, 0.3) is 0 Å². The average molecular weight is 288 g/mol. The molecule has 116 valence electrons. The Morgan fingerprint density at radius 2 is 1.86 bits per heavy atom. The molecule has 3 nitrogen and oxygen atoms in total. The van der Waals surface area contributed by atoms with Crippen LogP contribution in [-0.4, -0.2) is 23.0 Å². The molecule has 0 spiro atoms. The van der Waals surface area contributed by atoms with E-state index in [0.29, 0.717) is 6.04 Å². The van der Waals surface area contributed by atoms with Gasteiger partial charge in [-0.15, -0.1) is 0 Å². The standard InChI is InChI=1S/C18H28N2O/c1-4-10-15(6-3)20-16(11-5-2)19-17(18(20)21)14-12-8-7-9-13-14/h7-9,12-13,15-17,19H,4-6,10-11H2,1-3H3. The third-order valence-electron chi connectivity index (χ3n) is 4.38. The summed E-state index contributed by atoms with van der Waals surface area (Å²) in [5.74, 6) is 0.250. The largest absolute Gasteiger partial charge is 0.323 e. The number of rotatable bonds is 7. The van der Waals surface area contributed by atoms with Crippen LogP contribution >= 0.6 is 0 Å². The summed E-state index contributed by atoms with van der Waals surface area (Å²) in [7, 11) is 0. The SMILES string of the molecule is CCCC(CC)N1C(=O)C(c2ccccc2)NC1CCC. The van der Waals surface area contributed by atoms with Crippen LogP contribution in [0, 0.1) is 0 Å². The Morgan fingerprint density at radius 3 is 2.43 bits per heavy atom. The number of nitrogens with zero attached hydrogens (tertiary/aromatic N) is 1. The lowest BCUT2D eigenvalue weighted by Crippen LogP contribution is -2.44. The molecule has 1 N–H and O–H groups in total. The second kappa shape index (κ2) is 7.60. The highest BCUT2D eigenvalue weighted by atomic mass is 16.2. The summed E-state index contributed by atoms with van der Waals surface area (Å²) < 4.78 is 0. The number of hydrogen-bond acceptors (Lipinski definition) is 2. The van der Waals surface area contributed by atoms with E-state index in [9.17, 15) is 4.79 Å². The van der Waals surface area contributed by atoms with Gasteiger partial charge in [0.15, 0.2) is 0 Å². The molecule has 1 aromatic carbocycles. The molecule has 1 heterocycles. The quantitative estimate of drug-likeness (QED) is 0.826. The zero-order valence-electron chi connectivity index (χ0n) is 13.5. The van der Waals surface area contributed by atoms with Crippen molar-refractivity contribution in [3.8, 4) is 0 Å². The van der Waals surface area contributed by atoms with E-state index in [1.54, 1.807) is 0 Å². The fourth-order valence-corrected chi connectivity index (χ4v) is 3.33. The fraction of sp³-hybridized carbons (Fsp3) is 0.611. The maximum absolute atomic E-state index is 12.9. The summed E-state index contributed by atoms with van der Waals surface area (Å²) in [6, 6.07) is 10.3. The van der Waals surface area contributed by atoms with Crippen LogP contribution in [0.5, 0.6) is 0 Å². The molecular formula is C18H28N2O. The van der Waals surface area contributed by atoms with Gasteiger partial charge in [-0.1, -0.05) is 63.9 Å². The zero-order chi connectivity index (χ0) is 15.2. The Kier molecular flexibility index (Phi) is 5.80. The van der Waals surface area contributed by atoms with Crippen LogP contribution in [0.15, 0.2) is 30.3 Å². The van der Waals surface area contributed by atoms with Gasteiger partial charge in [-0.25, -0.2) is 0 Å². The zero-order valence-corrected chi connectivity index (χ0v) is 13.5. The van der Waals surface area contributed by atoms with Gasteiger partial charge in [0.1, 0.15) is 6.04 Å². The molecule has 1 aliphatic rings. The molecule has 3 unspecified atom stereocenters. The fourth-order valence-electron chi connectivity index (χ4n) is 3.33. The van der Waals surface area contributed by atoms with Crippen molar-refractivity contribution < 1.29 is 4.79 Å².